The maximum atomic E-state index is 3.14. The summed E-state index contributed by atoms with van der Waals surface area (Å²) in [6, 6.07) is 4.18. The molecule has 0 saturated heterocycles. The Kier molecular flexibility index (Phi) is 1.58. The Hall–Kier alpha value is -0.162. The van der Waals surface area contributed by atoms with Crippen LogP contribution in [0.3, 0.4) is 0 Å². The Morgan fingerprint density at radius 2 is 2.57 bits per heavy atom. The molecule has 1 N–H and O–H groups in total. The number of hydrogen-bond donors (Lipinski definition) is 1. The normalized spacial score (nSPS) is 11.0. The molecule has 0 fully saturated rings. The number of rotatable bonds is 1. The third-order valence-corrected chi connectivity index (χ3v) is 2.65. The van der Waals surface area contributed by atoms with Crippen molar-refractivity contribution in [3.05, 3.63) is 18.3 Å². The van der Waals surface area contributed by atoms with Crippen LogP contribution in [0.15, 0.2) is 18.3 Å². The quantitative estimate of drug-likeness (QED) is 0.557. The van der Waals surface area contributed by atoms with Crippen LogP contribution in [0.25, 0.3) is 0 Å². The molecule has 0 aliphatic heterocycles. The zero-order valence-electron chi connectivity index (χ0n) is 4.23. The molecule has 2 heteroatoms. The van der Waals surface area contributed by atoms with Gasteiger partial charge in [-0.05, 0) is 0 Å². The van der Waals surface area contributed by atoms with Gasteiger partial charge in [-0.25, -0.2) is 0 Å². The second-order valence-electron chi connectivity index (χ2n) is 1.33. The maximum absolute atomic E-state index is 3.14. The van der Waals surface area contributed by atoms with Gasteiger partial charge < -0.3 is 0 Å². The van der Waals surface area contributed by atoms with Gasteiger partial charge in [-0.15, -0.1) is 0 Å². The van der Waals surface area contributed by atoms with Crippen molar-refractivity contribution in [2.24, 2.45) is 0 Å². The van der Waals surface area contributed by atoms with Gasteiger partial charge >= 0.3 is 49.3 Å². The van der Waals surface area contributed by atoms with Crippen LogP contribution < -0.4 is 4.48 Å². The summed E-state index contributed by atoms with van der Waals surface area (Å²) in [4.78, 5) is 3.14. The van der Waals surface area contributed by atoms with Crippen molar-refractivity contribution in [2.75, 3.05) is 0 Å². The SMILES string of the molecule is C[AsH]c1ccc[nH]1. The van der Waals surface area contributed by atoms with Crippen LogP contribution in [-0.2, 0) is 0 Å². The molecule has 1 atom stereocenters. The number of aromatic nitrogens is 1. The summed E-state index contributed by atoms with van der Waals surface area (Å²) in [6.45, 7) is 0. The van der Waals surface area contributed by atoms with E-state index < -0.39 is 0 Å². The summed E-state index contributed by atoms with van der Waals surface area (Å²) in [7, 11) is 0. The Bertz CT molecular complexity index is 123. The Labute approximate surface area is 49.8 Å². The molecule has 7 heavy (non-hydrogen) atoms. The third kappa shape index (κ3) is 1.10. The average Bonchev–Trinajstić information content (AvgIpc) is 2.14. The van der Waals surface area contributed by atoms with Gasteiger partial charge in [0.15, 0.2) is 0 Å². The molecule has 1 unspecified atom stereocenters. The molecule has 1 aromatic rings. The first-order chi connectivity index (χ1) is 3.43. The van der Waals surface area contributed by atoms with Gasteiger partial charge in [0.1, 0.15) is 0 Å². The predicted octanol–water partition coefficient (Wildman–Crippen LogP) is 0.125. The molecule has 1 nitrogen and oxygen atoms in total. The molecule has 0 aliphatic rings. The molecule has 0 aliphatic carbocycles. The number of H-pyrrole nitrogens is 1. The fourth-order valence-electron chi connectivity index (χ4n) is 0.486. The molecular formula is C5H8AsN. The molecule has 0 saturated carbocycles. The van der Waals surface area contributed by atoms with Crippen molar-refractivity contribution in [1.29, 1.82) is 0 Å². The monoisotopic (exact) mass is 157 g/mol. The molecule has 38 valence electrons. The Balaban J connectivity index is 2.76. The van der Waals surface area contributed by atoms with Crippen LogP contribution in [0.5, 0.6) is 0 Å². The van der Waals surface area contributed by atoms with Gasteiger partial charge in [0.25, 0.3) is 0 Å². The molecule has 1 rings (SSSR count). The van der Waals surface area contributed by atoms with Gasteiger partial charge in [0, 0.05) is 0 Å². The number of hydrogen-bond acceptors (Lipinski definition) is 0. The second-order valence-corrected chi connectivity index (χ2v) is 3.51. The van der Waals surface area contributed by atoms with Gasteiger partial charge in [-0.2, -0.15) is 0 Å². The van der Waals surface area contributed by atoms with Crippen LogP contribution in [0, 0.1) is 0 Å². The second kappa shape index (κ2) is 2.22. The number of aromatic amines is 1. The van der Waals surface area contributed by atoms with Gasteiger partial charge in [-0.1, -0.05) is 0 Å². The van der Waals surface area contributed by atoms with Crippen LogP contribution in [0.1, 0.15) is 0 Å². The fraction of sp³-hybridized carbons (Fsp3) is 0.200. The minimum absolute atomic E-state index is 0.181. The van der Waals surface area contributed by atoms with Gasteiger partial charge in [0.2, 0.25) is 0 Å². The van der Waals surface area contributed by atoms with Crippen molar-refractivity contribution < 1.29 is 0 Å². The Morgan fingerprint density at radius 1 is 1.71 bits per heavy atom. The predicted molar refractivity (Wildman–Crippen MR) is 33.4 cm³/mol. The zero-order valence-corrected chi connectivity index (χ0v) is 6.33. The van der Waals surface area contributed by atoms with Crippen molar-refractivity contribution in [3.8, 4) is 0 Å². The van der Waals surface area contributed by atoms with Gasteiger partial charge in [-0.3, -0.25) is 0 Å². The van der Waals surface area contributed by atoms with Crippen molar-refractivity contribution in [2.45, 2.75) is 5.71 Å². The summed E-state index contributed by atoms with van der Waals surface area (Å²) in [5.41, 5.74) is 2.26. The van der Waals surface area contributed by atoms with E-state index >= 15 is 0 Å². The van der Waals surface area contributed by atoms with Crippen molar-refractivity contribution in [3.63, 3.8) is 0 Å². The van der Waals surface area contributed by atoms with E-state index in [-0.39, 0.29) is 15.8 Å². The van der Waals surface area contributed by atoms with E-state index in [1.807, 2.05) is 12.3 Å². The molecule has 1 heterocycles. The van der Waals surface area contributed by atoms with E-state index in [0.29, 0.717) is 0 Å². The standard InChI is InChI=1S/C5H8AsN/c1-6-5-3-2-4-7-5/h2-4,6-7H,1H3. The van der Waals surface area contributed by atoms with E-state index in [1.165, 1.54) is 4.48 Å². The molecule has 0 bridgehead atoms. The van der Waals surface area contributed by atoms with Crippen LogP contribution in [-0.4, -0.2) is 20.7 Å². The molecule has 0 spiro atoms. The number of nitrogens with one attached hydrogen (secondary N) is 1. The molecule has 1 aromatic heterocycles. The first-order valence-corrected chi connectivity index (χ1v) is 5.39. The van der Waals surface area contributed by atoms with Crippen LogP contribution in [0.2, 0.25) is 5.71 Å². The van der Waals surface area contributed by atoms with E-state index in [1.54, 1.807) is 0 Å². The van der Waals surface area contributed by atoms with E-state index in [4.69, 9.17) is 0 Å². The van der Waals surface area contributed by atoms with Crippen LogP contribution >= 0.6 is 0 Å². The average molecular weight is 157 g/mol. The molecule has 0 amide bonds. The summed E-state index contributed by atoms with van der Waals surface area (Å²) < 4.78 is 1.43. The summed E-state index contributed by atoms with van der Waals surface area (Å²) in [5, 5.41) is 0. The van der Waals surface area contributed by atoms with E-state index in [0.717, 1.165) is 0 Å². The first-order valence-electron chi connectivity index (χ1n) is 2.24. The van der Waals surface area contributed by atoms with Crippen molar-refractivity contribution in [1.82, 2.24) is 4.98 Å². The summed E-state index contributed by atoms with van der Waals surface area (Å²) >= 11 is 0.181. The zero-order chi connectivity index (χ0) is 5.11. The van der Waals surface area contributed by atoms with Crippen molar-refractivity contribution >= 4 is 20.2 Å². The van der Waals surface area contributed by atoms with E-state index in [9.17, 15) is 0 Å². The molecular weight excluding hydrogens is 149 g/mol. The molecule has 0 radical (unpaired) electrons. The summed E-state index contributed by atoms with van der Waals surface area (Å²) in [5.74, 6) is 0. The van der Waals surface area contributed by atoms with E-state index in [2.05, 4.69) is 16.8 Å². The minimum atomic E-state index is 0.181. The topological polar surface area (TPSA) is 15.8 Å². The fourth-order valence-corrected chi connectivity index (χ4v) is 1.52. The first kappa shape index (κ1) is 4.98. The van der Waals surface area contributed by atoms with Crippen LogP contribution in [0.4, 0.5) is 0 Å². The summed E-state index contributed by atoms with van der Waals surface area (Å²) in [6.07, 6.45) is 1.97. The Morgan fingerprint density at radius 3 is 2.86 bits per heavy atom. The van der Waals surface area contributed by atoms with Gasteiger partial charge in [0.05, 0.1) is 0 Å². The third-order valence-electron chi connectivity index (χ3n) is 0.867. The molecule has 0 aromatic carbocycles.